The minimum Gasteiger partial charge on any atom is -0.457 e. The molecule has 0 amide bonds. The van der Waals surface area contributed by atoms with Crippen molar-refractivity contribution < 1.29 is 19.4 Å². The van der Waals surface area contributed by atoms with E-state index in [1.54, 1.807) is 0 Å². The zero-order valence-corrected chi connectivity index (χ0v) is 29.7. The number of hydrogen-bond acceptors (Lipinski definition) is 4. The van der Waals surface area contributed by atoms with Gasteiger partial charge in [-0.2, -0.15) is 0 Å². The summed E-state index contributed by atoms with van der Waals surface area (Å²) in [6.45, 7) is 5.32. The molecule has 0 aromatic heterocycles. The number of rotatable bonds is 36. The molecule has 260 valence electrons. The molecule has 0 aromatic rings. The van der Waals surface area contributed by atoms with E-state index < -0.39 is 6.10 Å². The Morgan fingerprint density at radius 1 is 0.545 bits per heavy atom. The number of aliphatic hydroxyl groups excluding tert-OH is 1. The maximum atomic E-state index is 12.2. The largest absolute Gasteiger partial charge is 0.457 e. The predicted molar refractivity (Wildman–Crippen MR) is 191 cm³/mol. The van der Waals surface area contributed by atoms with Gasteiger partial charge in [-0.1, -0.05) is 173 Å². The van der Waals surface area contributed by atoms with Gasteiger partial charge < -0.3 is 14.6 Å². The number of hydrogen-bond donors (Lipinski definition) is 1. The number of allylic oxidation sites excluding steroid dienone is 4. The average molecular weight is 621 g/mol. The molecular weight excluding hydrogens is 544 g/mol. The van der Waals surface area contributed by atoms with Crippen molar-refractivity contribution in [2.75, 3.05) is 19.8 Å². The summed E-state index contributed by atoms with van der Waals surface area (Å²) in [4.78, 5) is 12.2. The Kier molecular flexibility index (Phi) is 37.1. The maximum absolute atomic E-state index is 12.2. The van der Waals surface area contributed by atoms with E-state index in [-0.39, 0.29) is 12.6 Å². The molecule has 1 atom stereocenters. The number of unbranched alkanes of at least 4 members (excludes halogenated alkanes) is 24. The van der Waals surface area contributed by atoms with Crippen molar-refractivity contribution in [3.8, 4) is 0 Å². The van der Waals surface area contributed by atoms with Gasteiger partial charge in [0.1, 0.15) is 6.10 Å². The number of carbonyl (C=O) groups excluding carboxylic acids is 1. The molecule has 0 radical (unpaired) electrons. The molecule has 0 heterocycles. The molecule has 0 aliphatic rings. The van der Waals surface area contributed by atoms with Crippen molar-refractivity contribution in [2.45, 2.75) is 206 Å². The van der Waals surface area contributed by atoms with Crippen LogP contribution in [0.4, 0.5) is 0 Å². The molecule has 0 saturated carbocycles. The van der Waals surface area contributed by atoms with E-state index in [0.717, 1.165) is 25.7 Å². The van der Waals surface area contributed by atoms with E-state index in [4.69, 9.17) is 9.47 Å². The van der Waals surface area contributed by atoms with Crippen molar-refractivity contribution in [3.63, 3.8) is 0 Å². The normalized spacial score (nSPS) is 12.5. The van der Waals surface area contributed by atoms with Gasteiger partial charge in [-0.15, -0.1) is 0 Å². The van der Waals surface area contributed by atoms with Crippen molar-refractivity contribution in [1.82, 2.24) is 0 Å². The summed E-state index contributed by atoms with van der Waals surface area (Å²) < 4.78 is 11.1. The molecule has 4 nitrogen and oxygen atoms in total. The van der Waals surface area contributed by atoms with Gasteiger partial charge in [0.05, 0.1) is 13.2 Å². The molecule has 0 fully saturated rings. The summed E-state index contributed by atoms with van der Waals surface area (Å²) in [7, 11) is 0. The SMILES string of the molecule is CCCCC/C=C\C/C=C\CCCCCCCCOCC(CO)OC(=O)CCCCCCCCCCCCCCCCCC. The monoisotopic (exact) mass is 621 g/mol. The highest BCUT2D eigenvalue weighted by atomic mass is 16.6. The van der Waals surface area contributed by atoms with E-state index in [0.29, 0.717) is 19.6 Å². The summed E-state index contributed by atoms with van der Waals surface area (Å²) in [6.07, 6.45) is 45.0. The summed E-state index contributed by atoms with van der Waals surface area (Å²) in [5.41, 5.74) is 0. The standard InChI is InChI=1S/C40H76O4/c1-3-5-7-9-11-13-15-17-19-21-23-25-27-29-31-33-35-40(42)44-39(37-41)38-43-36-34-32-30-28-26-24-22-20-18-16-14-12-10-8-6-4-2/h12,14,18,20,39,41H,3-11,13,15-17,19,21-38H2,1-2H3/b14-12-,20-18-. The Balaban J connectivity index is 3.43. The van der Waals surface area contributed by atoms with Crippen LogP contribution >= 0.6 is 0 Å². The fourth-order valence-electron chi connectivity index (χ4n) is 5.59. The summed E-state index contributed by atoms with van der Waals surface area (Å²) >= 11 is 0. The van der Waals surface area contributed by atoms with Crippen LogP contribution in [-0.2, 0) is 14.3 Å². The molecule has 1 N–H and O–H groups in total. The first-order chi connectivity index (χ1) is 21.7. The zero-order chi connectivity index (χ0) is 32.0. The van der Waals surface area contributed by atoms with Gasteiger partial charge >= 0.3 is 5.97 Å². The predicted octanol–water partition coefficient (Wildman–Crippen LogP) is 12.4. The first-order valence-electron chi connectivity index (χ1n) is 19.4. The van der Waals surface area contributed by atoms with Crippen molar-refractivity contribution >= 4 is 5.97 Å². The van der Waals surface area contributed by atoms with E-state index in [1.807, 2.05) is 0 Å². The molecule has 0 spiro atoms. The van der Waals surface area contributed by atoms with Crippen LogP contribution in [0.3, 0.4) is 0 Å². The van der Waals surface area contributed by atoms with Crippen molar-refractivity contribution in [1.29, 1.82) is 0 Å². The van der Waals surface area contributed by atoms with Crippen LogP contribution in [-0.4, -0.2) is 37.0 Å². The molecule has 44 heavy (non-hydrogen) atoms. The highest BCUT2D eigenvalue weighted by Gasteiger charge is 2.13. The van der Waals surface area contributed by atoms with Crippen LogP contribution in [0.1, 0.15) is 200 Å². The van der Waals surface area contributed by atoms with Crippen LogP contribution in [0.15, 0.2) is 24.3 Å². The number of esters is 1. The van der Waals surface area contributed by atoms with Gasteiger partial charge in [-0.3, -0.25) is 4.79 Å². The third kappa shape index (κ3) is 35.4. The molecule has 0 bridgehead atoms. The minimum atomic E-state index is -0.534. The lowest BCUT2D eigenvalue weighted by molar-refractivity contribution is -0.154. The average Bonchev–Trinajstić information content (AvgIpc) is 3.03. The fraction of sp³-hybridized carbons (Fsp3) is 0.875. The molecule has 0 saturated heterocycles. The third-order valence-electron chi connectivity index (χ3n) is 8.53. The van der Waals surface area contributed by atoms with Gasteiger partial charge in [0, 0.05) is 13.0 Å². The highest BCUT2D eigenvalue weighted by Crippen LogP contribution is 2.14. The van der Waals surface area contributed by atoms with Crippen LogP contribution in [0.2, 0.25) is 0 Å². The topological polar surface area (TPSA) is 55.8 Å². The maximum Gasteiger partial charge on any atom is 0.306 e. The summed E-state index contributed by atoms with van der Waals surface area (Å²) in [6, 6.07) is 0. The smallest absolute Gasteiger partial charge is 0.306 e. The van der Waals surface area contributed by atoms with E-state index >= 15 is 0 Å². The number of carbonyl (C=O) groups is 1. The minimum absolute atomic E-state index is 0.172. The van der Waals surface area contributed by atoms with Gasteiger partial charge in [0.25, 0.3) is 0 Å². The lowest BCUT2D eigenvalue weighted by atomic mass is 10.0. The van der Waals surface area contributed by atoms with Crippen molar-refractivity contribution in [3.05, 3.63) is 24.3 Å². The number of ether oxygens (including phenoxy) is 2. The first kappa shape index (κ1) is 42.9. The summed E-state index contributed by atoms with van der Waals surface area (Å²) in [5.74, 6) is -0.202. The van der Waals surface area contributed by atoms with Gasteiger partial charge in [0.2, 0.25) is 0 Å². The van der Waals surface area contributed by atoms with E-state index in [1.165, 1.54) is 154 Å². The van der Waals surface area contributed by atoms with Gasteiger partial charge in [0.15, 0.2) is 0 Å². The van der Waals surface area contributed by atoms with Gasteiger partial charge in [-0.25, -0.2) is 0 Å². The molecule has 0 aliphatic heterocycles. The lowest BCUT2D eigenvalue weighted by Gasteiger charge is -2.15. The van der Waals surface area contributed by atoms with E-state index in [9.17, 15) is 9.90 Å². The van der Waals surface area contributed by atoms with E-state index in [2.05, 4.69) is 38.2 Å². The lowest BCUT2D eigenvalue weighted by Crippen LogP contribution is -2.27. The Morgan fingerprint density at radius 2 is 0.955 bits per heavy atom. The first-order valence-corrected chi connectivity index (χ1v) is 19.4. The highest BCUT2D eigenvalue weighted by molar-refractivity contribution is 5.69. The second-order valence-electron chi connectivity index (χ2n) is 13.0. The zero-order valence-electron chi connectivity index (χ0n) is 29.7. The number of aliphatic hydroxyl groups is 1. The Bertz CT molecular complexity index is 614. The fourth-order valence-corrected chi connectivity index (χ4v) is 5.59. The second-order valence-corrected chi connectivity index (χ2v) is 13.0. The molecular formula is C40H76O4. The second kappa shape index (κ2) is 38.1. The molecule has 1 unspecified atom stereocenters. The third-order valence-corrected chi connectivity index (χ3v) is 8.53. The van der Waals surface area contributed by atoms with Crippen LogP contribution < -0.4 is 0 Å². The molecule has 4 heteroatoms. The summed E-state index contributed by atoms with van der Waals surface area (Å²) in [5, 5.41) is 9.57. The Hall–Kier alpha value is -1.13. The van der Waals surface area contributed by atoms with Crippen LogP contribution in [0.25, 0.3) is 0 Å². The Labute approximate surface area is 275 Å². The Morgan fingerprint density at radius 3 is 1.45 bits per heavy atom. The molecule has 0 rings (SSSR count). The van der Waals surface area contributed by atoms with Crippen LogP contribution in [0.5, 0.6) is 0 Å². The van der Waals surface area contributed by atoms with Crippen molar-refractivity contribution in [2.24, 2.45) is 0 Å². The van der Waals surface area contributed by atoms with Crippen LogP contribution in [0, 0.1) is 0 Å². The quantitative estimate of drug-likeness (QED) is 0.0430. The molecule has 0 aromatic carbocycles. The molecule has 0 aliphatic carbocycles. The van der Waals surface area contributed by atoms with Gasteiger partial charge in [-0.05, 0) is 44.9 Å².